The number of aliphatic hydroxyl groups is 2. The highest BCUT2D eigenvalue weighted by molar-refractivity contribution is 5.37. The van der Waals surface area contributed by atoms with Gasteiger partial charge in [0.15, 0.2) is 0 Å². The maximum Gasteiger partial charge on any atom is 0.129 e. The molecule has 0 bridgehead atoms. The predicted octanol–water partition coefficient (Wildman–Crippen LogP) is 3.43. The van der Waals surface area contributed by atoms with E-state index in [1.54, 1.807) is 32.0 Å². The third-order valence-electron chi connectivity index (χ3n) is 4.93. The van der Waals surface area contributed by atoms with Crippen LogP contribution in [0.15, 0.2) is 48.5 Å². The Morgan fingerprint density at radius 2 is 1.70 bits per heavy atom. The molecule has 1 fully saturated rings. The zero-order valence-corrected chi connectivity index (χ0v) is 15.9. The largest absolute Gasteiger partial charge is 0.385 e. The van der Waals surface area contributed by atoms with Crippen molar-refractivity contribution >= 4 is 0 Å². The third-order valence-corrected chi connectivity index (χ3v) is 4.93. The average molecular weight is 367 g/mol. The van der Waals surface area contributed by atoms with Gasteiger partial charge in [-0.2, -0.15) is 0 Å². The molecule has 0 atom stereocenters. The number of hydrogen-bond acceptors (Lipinski definition) is 3. The van der Waals surface area contributed by atoms with Crippen LogP contribution in [-0.2, 0) is 12.1 Å². The average Bonchev–Trinajstić information content (AvgIpc) is 2.63. The van der Waals surface area contributed by atoms with Crippen LogP contribution in [0.4, 0.5) is 4.39 Å². The van der Waals surface area contributed by atoms with Gasteiger partial charge in [-0.15, -0.1) is 0 Å². The summed E-state index contributed by atoms with van der Waals surface area (Å²) in [6.07, 6.45) is 1.03. The summed E-state index contributed by atoms with van der Waals surface area (Å²) in [4.78, 5) is 2.27. The molecule has 2 aromatic rings. The molecule has 1 heterocycles. The van der Waals surface area contributed by atoms with E-state index in [-0.39, 0.29) is 5.82 Å². The fourth-order valence-corrected chi connectivity index (χ4v) is 3.37. The van der Waals surface area contributed by atoms with Crippen molar-refractivity contribution in [1.29, 1.82) is 0 Å². The Labute approximate surface area is 160 Å². The number of benzene rings is 2. The van der Waals surface area contributed by atoms with Crippen molar-refractivity contribution in [2.45, 2.75) is 44.4 Å². The highest BCUT2D eigenvalue weighted by Gasteiger charge is 2.35. The third kappa shape index (κ3) is 5.17. The Balaban J connectivity index is 1.59. The maximum atomic E-state index is 14.0. The molecule has 3 nitrogen and oxygen atoms in total. The Morgan fingerprint density at radius 3 is 2.30 bits per heavy atom. The molecule has 0 saturated carbocycles. The summed E-state index contributed by atoms with van der Waals surface area (Å²) in [5.41, 5.74) is 0.354. The number of likely N-dealkylation sites (tertiary alicyclic amines) is 1. The van der Waals surface area contributed by atoms with E-state index in [1.165, 1.54) is 11.6 Å². The molecule has 0 unspecified atom stereocenters. The number of hydrogen-bond donors (Lipinski definition) is 2. The van der Waals surface area contributed by atoms with Gasteiger partial charge >= 0.3 is 0 Å². The molecule has 1 saturated heterocycles. The van der Waals surface area contributed by atoms with Gasteiger partial charge in [0.05, 0.1) is 5.60 Å². The highest BCUT2D eigenvalue weighted by Crippen LogP contribution is 2.34. The second-order valence-electron chi connectivity index (χ2n) is 7.79. The van der Waals surface area contributed by atoms with Crippen LogP contribution < -0.4 is 0 Å². The molecule has 2 aromatic carbocycles. The van der Waals surface area contributed by atoms with E-state index >= 15 is 0 Å². The van der Waals surface area contributed by atoms with Crippen LogP contribution in [-0.4, -0.2) is 33.8 Å². The molecule has 0 aromatic heterocycles. The van der Waals surface area contributed by atoms with Gasteiger partial charge in [0.1, 0.15) is 11.4 Å². The summed E-state index contributed by atoms with van der Waals surface area (Å²) in [7, 11) is 0. The van der Waals surface area contributed by atoms with Gasteiger partial charge in [-0.25, -0.2) is 4.39 Å². The smallest absolute Gasteiger partial charge is 0.129 e. The summed E-state index contributed by atoms with van der Waals surface area (Å²) in [5, 5.41) is 20.5. The first-order chi connectivity index (χ1) is 12.8. The minimum atomic E-state index is -1.08. The van der Waals surface area contributed by atoms with Crippen molar-refractivity contribution in [3.63, 3.8) is 0 Å². The molecule has 3 rings (SSSR count). The van der Waals surface area contributed by atoms with Gasteiger partial charge < -0.3 is 10.2 Å². The van der Waals surface area contributed by atoms with Crippen molar-refractivity contribution in [3.8, 4) is 11.8 Å². The Morgan fingerprint density at radius 1 is 1.07 bits per heavy atom. The van der Waals surface area contributed by atoms with Gasteiger partial charge in [0, 0.05) is 30.8 Å². The standard InChI is InChI=1S/C23H26FNO2/c1-22(2,26)12-11-18-7-9-19(10-8-18)17-25-15-13-23(27,14-16-25)20-5-3-4-6-21(20)24/h3-10,26-27H,13-17H2,1-2H3. The quantitative estimate of drug-likeness (QED) is 0.817. The second-order valence-corrected chi connectivity index (χ2v) is 7.79. The fraction of sp³-hybridized carbons (Fsp3) is 0.391. The fourth-order valence-electron chi connectivity index (χ4n) is 3.37. The van der Waals surface area contributed by atoms with Crippen LogP contribution in [0.1, 0.15) is 43.4 Å². The van der Waals surface area contributed by atoms with Gasteiger partial charge in [-0.05, 0) is 50.5 Å². The molecular weight excluding hydrogens is 341 g/mol. The second kappa shape index (κ2) is 7.82. The summed E-state index contributed by atoms with van der Waals surface area (Å²) in [5.74, 6) is 5.44. The first-order valence-corrected chi connectivity index (χ1v) is 9.29. The van der Waals surface area contributed by atoms with E-state index in [0.29, 0.717) is 31.5 Å². The number of piperidine rings is 1. The zero-order valence-electron chi connectivity index (χ0n) is 15.9. The van der Waals surface area contributed by atoms with Gasteiger partial charge in [0.2, 0.25) is 0 Å². The number of halogens is 1. The van der Waals surface area contributed by atoms with Crippen LogP contribution in [0.3, 0.4) is 0 Å². The lowest BCUT2D eigenvalue weighted by molar-refractivity contribution is -0.0302. The van der Waals surface area contributed by atoms with Gasteiger partial charge in [0.25, 0.3) is 0 Å². The molecule has 4 heteroatoms. The van der Waals surface area contributed by atoms with E-state index in [4.69, 9.17) is 0 Å². The van der Waals surface area contributed by atoms with Crippen molar-refractivity contribution in [2.24, 2.45) is 0 Å². The molecule has 0 spiro atoms. The van der Waals surface area contributed by atoms with Crippen molar-refractivity contribution in [1.82, 2.24) is 4.90 Å². The zero-order chi connectivity index (χ0) is 19.5. The van der Waals surface area contributed by atoms with Crippen LogP contribution in [0.25, 0.3) is 0 Å². The normalized spacial score (nSPS) is 17.2. The molecule has 1 aliphatic rings. The SMILES string of the molecule is CC(C)(O)C#Cc1ccc(CN2CCC(O)(c3ccccc3F)CC2)cc1. The van der Waals surface area contributed by atoms with Crippen molar-refractivity contribution in [3.05, 3.63) is 71.0 Å². The lowest BCUT2D eigenvalue weighted by Crippen LogP contribution is -2.42. The van der Waals surface area contributed by atoms with E-state index in [9.17, 15) is 14.6 Å². The van der Waals surface area contributed by atoms with Gasteiger partial charge in [-0.1, -0.05) is 42.2 Å². The summed E-state index contributed by atoms with van der Waals surface area (Å²) in [6.45, 7) is 5.53. The molecule has 27 heavy (non-hydrogen) atoms. The first-order valence-electron chi connectivity index (χ1n) is 9.29. The summed E-state index contributed by atoms with van der Waals surface area (Å²) >= 11 is 0. The minimum Gasteiger partial charge on any atom is -0.385 e. The maximum absolute atomic E-state index is 14.0. The topological polar surface area (TPSA) is 43.7 Å². The minimum absolute atomic E-state index is 0.337. The lowest BCUT2D eigenvalue weighted by Gasteiger charge is -2.38. The van der Waals surface area contributed by atoms with Crippen LogP contribution in [0.5, 0.6) is 0 Å². The Kier molecular flexibility index (Phi) is 5.67. The Hall–Kier alpha value is -2.19. The van der Waals surface area contributed by atoms with Crippen molar-refractivity contribution < 1.29 is 14.6 Å². The van der Waals surface area contributed by atoms with E-state index in [0.717, 1.165) is 12.1 Å². The van der Waals surface area contributed by atoms with Crippen LogP contribution in [0, 0.1) is 17.7 Å². The lowest BCUT2D eigenvalue weighted by atomic mass is 9.84. The van der Waals surface area contributed by atoms with E-state index in [1.807, 2.05) is 24.3 Å². The molecule has 0 radical (unpaired) electrons. The molecule has 0 aliphatic carbocycles. The van der Waals surface area contributed by atoms with Crippen molar-refractivity contribution in [2.75, 3.05) is 13.1 Å². The molecule has 1 aliphatic heterocycles. The Bertz CT molecular complexity index is 835. The van der Waals surface area contributed by atoms with Crippen LogP contribution >= 0.6 is 0 Å². The number of nitrogens with zero attached hydrogens (tertiary/aromatic N) is 1. The number of rotatable bonds is 3. The van der Waals surface area contributed by atoms with E-state index in [2.05, 4.69) is 16.7 Å². The van der Waals surface area contributed by atoms with Gasteiger partial charge in [-0.3, -0.25) is 4.90 Å². The highest BCUT2D eigenvalue weighted by atomic mass is 19.1. The molecule has 0 amide bonds. The first kappa shape index (κ1) is 19.6. The molecule has 2 N–H and O–H groups in total. The molecule has 142 valence electrons. The summed E-state index contributed by atoms with van der Waals surface area (Å²) < 4.78 is 14.0. The summed E-state index contributed by atoms with van der Waals surface area (Å²) in [6, 6.07) is 14.5. The van der Waals surface area contributed by atoms with E-state index < -0.39 is 11.2 Å². The monoisotopic (exact) mass is 367 g/mol. The van der Waals surface area contributed by atoms with Crippen LogP contribution in [0.2, 0.25) is 0 Å². The molecular formula is C23H26FNO2. The predicted molar refractivity (Wildman–Crippen MR) is 104 cm³/mol.